The molecule has 3 amide bonds. The number of carboxylic acid groups (broad SMARTS) is 1. The van der Waals surface area contributed by atoms with Crippen LogP contribution in [0.5, 0.6) is 11.5 Å². The molecule has 34 nitrogen and oxygen atoms in total. The monoisotopic (exact) mass is 1300 g/mol. The lowest BCUT2D eigenvalue weighted by Gasteiger charge is -2.38. The standard InChI is InChI=1S/C56H82N4O28.CO2/c1-33(61)82-29-35-7-11-43(86-55-49(70)46(67)42(65)31-84-55)38(27-35)52(72)58-13-17-79-22-20-77-16-4-6-41(64)40(60-45(66)32-81-24-23-80-25-26-85-57)10-9-37(63)5-3-15-76-19-21-78-18-14-59-53(73)39-28-36(30-83-34(2)62)8-12-44(39)87-56-50(71)47(68)48(69)51(88-56)54(74)75;2-1-3/h7-8,11-12,27-28,40,42,46-51,55-56,65,67-71H,3-6,9-10,13-26,29-32,57H2,1-2H3,(H,58,72)(H,59,73)(H,60,66)(H,74,75);/t40-,42-,46+,47+,48+,49-,50-,51+,55+,56-;/m1./s1. The minimum absolute atomic E-state index is 0.000250. The van der Waals surface area contributed by atoms with Crippen molar-refractivity contribution < 1.29 is 145 Å². The van der Waals surface area contributed by atoms with E-state index in [4.69, 9.17) is 72.3 Å². The number of aliphatic carboxylic acids is 1. The Morgan fingerprint density at radius 3 is 1.58 bits per heavy atom. The number of nitrogens with one attached hydrogen (secondary N) is 3. The third-order valence-electron chi connectivity index (χ3n) is 12.9. The van der Waals surface area contributed by atoms with Gasteiger partial charge in [-0.05, 0) is 54.7 Å². The number of rotatable bonds is 44. The zero-order valence-electron chi connectivity index (χ0n) is 50.3. The lowest BCUT2D eigenvalue weighted by atomic mass is 9.99. The molecule has 2 aromatic rings. The minimum atomic E-state index is -1.97. The molecule has 12 N–H and O–H groups in total. The number of hydrogen-bond donors (Lipinski definition) is 11. The van der Waals surface area contributed by atoms with Crippen LogP contribution in [0.4, 0.5) is 0 Å². The molecule has 34 heteroatoms. The number of nitrogens with two attached hydrogens (primary N) is 1. The fraction of sp³-hybridized carbons (Fsp3) is 0.632. The second-order valence-corrected chi connectivity index (χ2v) is 19.9. The van der Waals surface area contributed by atoms with Crippen LogP contribution in [-0.2, 0) is 104 Å². The van der Waals surface area contributed by atoms with Gasteiger partial charge in [-0.2, -0.15) is 9.59 Å². The quantitative estimate of drug-likeness (QED) is 0.0174. The van der Waals surface area contributed by atoms with Crippen LogP contribution < -0.4 is 31.3 Å². The fourth-order valence-corrected chi connectivity index (χ4v) is 8.22. The maximum Gasteiger partial charge on any atom is 0.373 e. The van der Waals surface area contributed by atoms with Crippen molar-refractivity contribution in [2.45, 2.75) is 127 Å². The highest BCUT2D eigenvalue weighted by Crippen LogP contribution is 2.29. The number of carboxylic acids is 1. The summed E-state index contributed by atoms with van der Waals surface area (Å²) in [6.07, 6.45) is -14.5. The summed E-state index contributed by atoms with van der Waals surface area (Å²) in [4.78, 5) is 121. The highest BCUT2D eigenvalue weighted by Gasteiger charge is 2.48. The van der Waals surface area contributed by atoms with E-state index < -0.39 is 97.0 Å². The Morgan fingerprint density at radius 2 is 1.07 bits per heavy atom. The molecule has 0 spiro atoms. The van der Waals surface area contributed by atoms with Gasteiger partial charge in [0.25, 0.3) is 11.8 Å². The average molecular weight is 1300 g/mol. The third kappa shape index (κ3) is 30.3. The van der Waals surface area contributed by atoms with Crippen LogP contribution in [-0.4, -0.2) is 256 Å². The van der Waals surface area contributed by atoms with Crippen molar-refractivity contribution in [1.82, 2.24) is 16.0 Å². The molecule has 2 saturated heterocycles. The smallest absolute Gasteiger partial charge is 0.373 e. The van der Waals surface area contributed by atoms with E-state index in [0.717, 1.165) is 0 Å². The molecule has 0 aliphatic carbocycles. The Hall–Kier alpha value is -7.06. The topological polar surface area (TPSA) is 494 Å². The van der Waals surface area contributed by atoms with Gasteiger partial charge in [-0.15, -0.1) is 0 Å². The number of amides is 3. The molecule has 2 aliphatic heterocycles. The normalized spacial score (nSPS) is 20.5. The third-order valence-corrected chi connectivity index (χ3v) is 12.9. The van der Waals surface area contributed by atoms with E-state index in [1.54, 1.807) is 0 Å². The number of esters is 2. The highest BCUT2D eigenvalue weighted by atomic mass is 16.7. The van der Waals surface area contributed by atoms with Gasteiger partial charge in [0, 0.05) is 59.4 Å². The van der Waals surface area contributed by atoms with Crippen LogP contribution in [0.15, 0.2) is 36.4 Å². The zero-order chi connectivity index (χ0) is 67.1. The van der Waals surface area contributed by atoms with Crippen molar-refractivity contribution in [3.05, 3.63) is 58.7 Å². The van der Waals surface area contributed by atoms with E-state index in [0.29, 0.717) is 17.5 Å². The molecule has 0 radical (unpaired) electrons. The SMILES string of the molecule is CC(=O)OCc1ccc(O[C@@H]2O[C@H](C(=O)O)[C@@H](O)[C@H](O)[C@H]2O)c(C(=O)NCCOCCOCCCC(=O)CC[C@@H](NC(=O)COCCOCCON)C(=O)CCCOCCOCCNC(=O)c2cc(COC(C)=O)ccc2O[C@@H]2OC[C@@H](O)[C@H](O)[C@H]2O)c1.O=C=O. The van der Waals surface area contributed by atoms with Crippen LogP contribution in [0.3, 0.4) is 0 Å². The molecule has 2 aliphatic rings. The molecular weight excluding hydrogens is 1220 g/mol. The number of ether oxygens (including phenoxy) is 12. The number of benzene rings is 2. The van der Waals surface area contributed by atoms with E-state index in [-0.39, 0.29) is 191 Å². The van der Waals surface area contributed by atoms with Gasteiger partial charge in [0.05, 0.1) is 89.8 Å². The van der Waals surface area contributed by atoms with Gasteiger partial charge in [-0.3, -0.25) is 33.6 Å². The molecule has 0 saturated carbocycles. The van der Waals surface area contributed by atoms with Crippen molar-refractivity contribution in [2.75, 3.05) is 106 Å². The van der Waals surface area contributed by atoms with Crippen LogP contribution in [0, 0.1) is 0 Å². The van der Waals surface area contributed by atoms with Gasteiger partial charge in [0.1, 0.15) is 73.7 Å². The molecule has 10 atom stereocenters. The molecule has 2 fully saturated rings. The molecule has 0 unspecified atom stereocenters. The van der Waals surface area contributed by atoms with Gasteiger partial charge >= 0.3 is 24.1 Å². The van der Waals surface area contributed by atoms with E-state index in [2.05, 4.69) is 20.8 Å². The van der Waals surface area contributed by atoms with E-state index in [1.807, 2.05) is 0 Å². The number of hydrogen-bond acceptors (Lipinski definition) is 30. The Kier molecular flexibility index (Phi) is 38.2. The molecule has 510 valence electrons. The first-order valence-electron chi connectivity index (χ1n) is 28.7. The zero-order valence-corrected chi connectivity index (χ0v) is 50.3. The van der Waals surface area contributed by atoms with Gasteiger partial charge < -0.3 is 113 Å². The van der Waals surface area contributed by atoms with Crippen molar-refractivity contribution in [3.63, 3.8) is 0 Å². The van der Waals surface area contributed by atoms with Crippen molar-refractivity contribution >= 4 is 53.3 Å². The summed E-state index contributed by atoms with van der Waals surface area (Å²) in [6.45, 7) is 3.01. The first-order valence-corrected chi connectivity index (χ1v) is 28.7. The average Bonchev–Trinajstić information content (AvgIpc) is 0.909. The summed E-state index contributed by atoms with van der Waals surface area (Å²) in [5.74, 6) is -0.394. The van der Waals surface area contributed by atoms with Gasteiger partial charge in [0.2, 0.25) is 18.5 Å². The number of carbonyl (C=O) groups is 8. The number of Topliss-reactive ketones (excluding diaryl/α,β-unsaturated/α-hetero) is 2. The molecule has 2 aromatic carbocycles. The summed E-state index contributed by atoms with van der Waals surface area (Å²) in [5, 5.41) is 78.3. The summed E-state index contributed by atoms with van der Waals surface area (Å²) in [5.41, 5.74) is 0.694. The maximum absolute atomic E-state index is 13.4. The predicted molar refractivity (Wildman–Crippen MR) is 302 cm³/mol. The summed E-state index contributed by atoms with van der Waals surface area (Å²) >= 11 is 0. The first-order chi connectivity index (χ1) is 43.6. The van der Waals surface area contributed by atoms with Crippen LogP contribution in [0.1, 0.15) is 84.2 Å². The Labute approximate surface area is 521 Å². The largest absolute Gasteiger partial charge is 0.479 e. The van der Waals surface area contributed by atoms with Crippen molar-refractivity contribution in [1.29, 1.82) is 0 Å². The number of ketones is 2. The number of aliphatic hydroxyl groups is 6. The minimum Gasteiger partial charge on any atom is -0.479 e. The summed E-state index contributed by atoms with van der Waals surface area (Å²) < 4.78 is 64.9. The molecule has 0 bridgehead atoms. The van der Waals surface area contributed by atoms with Crippen LogP contribution in [0.2, 0.25) is 0 Å². The van der Waals surface area contributed by atoms with Gasteiger partial charge in [0.15, 0.2) is 11.9 Å². The second-order valence-electron chi connectivity index (χ2n) is 19.9. The molecule has 2 heterocycles. The number of carbonyl (C=O) groups excluding carboxylic acids is 9. The Balaban J connectivity index is 0.00000706. The molecule has 91 heavy (non-hydrogen) atoms. The van der Waals surface area contributed by atoms with Crippen LogP contribution in [0.25, 0.3) is 0 Å². The summed E-state index contributed by atoms with van der Waals surface area (Å²) in [6, 6.07) is 7.43. The van der Waals surface area contributed by atoms with Crippen molar-refractivity contribution in [3.8, 4) is 11.5 Å². The summed E-state index contributed by atoms with van der Waals surface area (Å²) in [7, 11) is 0. The van der Waals surface area contributed by atoms with E-state index >= 15 is 0 Å². The maximum atomic E-state index is 13.4. The molecule has 4 rings (SSSR count). The highest BCUT2D eigenvalue weighted by molar-refractivity contribution is 5.98. The Bertz CT molecular complexity index is 2610. The first kappa shape index (κ1) is 78.2. The lowest BCUT2D eigenvalue weighted by Crippen LogP contribution is -2.61. The van der Waals surface area contributed by atoms with Crippen molar-refractivity contribution in [2.24, 2.45) is 5.90 Å². The van der Waals surface area contributed by atoms with Gasteiger partial charge in [-0.25, -0.2) is 10.7 Å². The lowest BCUT2D eigenvalue weighted by molar-refractivity contribution is -0.271. The molecule has 0 aromatic heterocycles. The van der Waals surface area contributed by atoms with E-state index in [9.17, 15) is 74.1 Å². The second kappa shape index (κ2) is 44.4. The van der Waals surface area contributed by atoms with Crippen LogP contribution >= 0.6 is 0 Å². The Morgan fingerprint density at radius 1 is 0.593 bits per heavy atom. The number of aliphatic hydroxyl groups excluding tert-OH is 6. The fourth-order valence-electron chi connectivity index (χ4n) is 8.22. The van der Waals surface area contributed by atoms with Gasteiger partial charge in [-0.1, -0.05) is 12.1 Å². The predicted octanol–water partition coefficient (Wildman–Crippen LogP) is -3.57. The van der Waals surface area contributed by atoms with E-state index in [1.165, 1.54) is 50.2 Å². The molecular formula is C57H82N4O30.